The van der Waals surface area contributed by atoms with Gasteiger partial charge in [-0.3, -0.25) is 14.6 Å². The van der Waals surface area contributed by atoms with Crippen molar-refractivity contribution in [1.82, 2.24) is 15.6 Å². The van der Waals surface area contributed by atoms with Crippen molar-refractivity contribution in [3.05, 3.63) is 119 Å². The van der Waals surface area contributed by atoms with Crippen molar-refractivity contribution < 1.29 is 19.1 Å². The lowest BCUT2D eigenvalue weighted by atomic mass is 9.88. The normalized spacial score (nSPS) is 14.2. The number of fused-ring (bicyclic) bond motifs is 1. The lowest BCUT2D eigenvalue weighted by molar-refractivity contribution is 0.0931. The van der Waals surface area contributed by atoms with E-state index in [1.165, 1.54) is 5.56 Å². The summed E-state index contributed by atoms with van der Waals surface area (Å²) in [6.45, 7) is 0.482. The molecule has 0 fully saturated rings. The van der Waals surface area contributed by atoms with Gasteiger partial charge in [0.25, 0.3) is 11.8 Å². The molecule has 192 valence electrons. The number of nitrogens with one attached hydrogen (secondary N) is 2. The Balaban J connectivity index is 1.18. The van der Waals surface area contributed by atoms with Crippen LogP contribution in [0.3, 0.4) is 0 Å². The van der Waals surface area contributed by atoms with Gasteiger partial charge in [0.1, 0.15) is 29.5 Å². The Morgan fingerprint density at radius 2 is 1.63 bits per heavy atom. The fourth-order valence-corrected chi connectivity index (χ4v) is 4.50. The van der Waals surface area contributed by atoms with E-state index in [1.807, 2.05) is 54.6 Å². The van der Waals surface area contributed by atoms with E-state index in [4.69, 9.17) is 9.47 Å². The van der Waals surface area contributed by atoms with Gasteiger partial charge in [-0.1, -0.05) is 36.4 Å². The molecule has 1 aliphatic carbocycles. The first-order valence-corrected chi connectivity index (χ1v) is 12.6. The molecule has 1 atom stereocenters. The van der Waals surface area contributed by atoms with E-state index in [2.05, 4.69) is 21.7 Å². The van der Waals surface area contributed by atoms with Crippen molar-refractivity contribution in [3.63, 3.8) is 0 Å². The van der Waals surface area contributed by atoms with Crippen molar-refractivity contribution in [2.24, 2.45) is 0 Å². The number of benzene rings is 3. The van der Waals surface area contributed by atoms with Crippen molar-refractivity contribution >= 4 is 11.8 Å². The second-order valence-electron chi connectivity index (χ2n) is 9.20. The molecule has 1 unspecified atom stereocenters. The molecule has 0 saturated heterocycles. The minimum atomic E-state index is -0.270. The first kappa shape index (κ1) is 25.0. The van der Waals surface area contributed by atoms with Crippen molar-refractivity contribution in [3.8, 4) is 17.2 Å². The van der Waals surface area contributed by atoms with E-state index in [9.17, 15) is 9.59 Å². The Morgan fingerprint density at radius 3 is 2.42 bits per heavy atom. The molecule has 0 spiro atoms. The zero-order chi connectivity index (χ0) is 26.3. The summed E-state index contributed by atoms with van der Waals surface area (Å²) < 4.78 is 11.8. The number of ether oxygens (including phenoxy) is 2. The maximum Gasteiger partial charge on any atom is 0.269 e. The second-order valence-corrected chi connectivity index (χ2v) is 9.20. The molecule has 0 bridgehead atoms. The van der Waals surface area contributed by atoms with Crippen LogP contribution in [0.15, 0.2) is 91.1 Å². The predicted molar refractivity (Wildman–Crippen MR) is 145 cm³/mol. The van der Waals surface area contributed by atoms with Gasteiger partial charge in [0.2, 0.25) is 0 Å². The highest BCUT2D eigenvalue weighted by Gasteiger charge is 2.21. The summed E-state index contributed by atoms with van der Waals surface area (Å²) in [7, 11) is 1.56. The molecule has 7 heteroatoms. The number of nitrogens with zero attached hydrogens (tertiary/aromatic N) is 1. The van der Waals surface area contributed by atoms with Gasteiger partial charge in [0, 0.05) is 30.9 Å². The summed E-state index contributed by atoms with van der Waals surface area (Å²) in [5.41, 5.74) is 4.38. The predicted octanol–water partition coefficient (Wildman–Crippen LogP) is 5.10. The molecule has 3 aromatic carbocycles. The van der Waals surface area contributed by atoms with E-state index < -0.39 is 0 Å². The number of carbonyl (C=O) groups excluding carboxylic acids is 2. The van der Waals surface area contributed by atoms with Crippen LogP contribution in [-0.2, 0) is 19.4 Å². The second kappa shape index (κ2) is 11.6. The fourth-order valence-electron chi connectivity index (χ4n) is 4.50. The third-order valence-electron chi connectivity index (χ3n) is 6.53. The van der Waals surface area contributed by atoms with E-state index in [0.717, 1.165) is 36.1 Å². The number of carbonyl (C=O) groups is 2. The lowest BCUT2D eigenvalue weighted by Crippen LogP contribution is -2.38. The molecule has 4 aromatic rings. The number of hydrogen-bond acceptors (Lipinski definition) is 5. The number of pyridine rings is 1. The topological polar surface area (TPSA) is 89.6 Å². The molecule has 1 aromatic heterocycles. The van der Waals surface area contributed by atoms with E-state index in [1.54, 1.807) is 37.5 Å². The van der Waals surface area contributed by atoms with Crippen molar-refractivity contribution in [1.29, 1.82) is 0 Å². The minimum absolute atomic E-state index is 0.0278. The van der Waals surface area contributed by atoms with Gasteiger partial charge < -0.3 is 20.1 Å². The Morgan fingerprint density at radius 1 is 0.868 bits per heavy atom. The molecule has 1 aliphatic rings. The summed E-state index contributed by atoms with van der Waals surface area (Å²) in [5.74, 6) is 1.57. The molecule has 2 amide bonds. The van der Waals surface area contributed by atoms with Gasteiger partial charge in [0.15, 0.2) is 0 Å². The summed E-state index contributed by atoms with van der Waals surface area (Å²) in [6.07, 6.45) is 4.02. The molecular formula is C31H29N3O4. The molecule has 38 heavy (non-hydrogen) atoms. The van der Waals surface area contributed by atoms with Crippen LogP contribution >= 0.6 is 0 Å². The van der Waals surface area contributed by atoms with Crippen LogP contribution in [0.5, 0.6) is 17.2 Å². The monoisotopic (exact) mass is 507 g/mol. The summed E-state index contributed by atoms with van der Waals surface area (Å²) in [4.78, 5) is 28.9. The highest BCUT2D eigenvalue weighted by molar-refractivity contribution is 5.94. The zero-order valence-electron chi connectivity index (χ0n) is 21.1. The zero-order valence-corrected chi connectivity index (χ0v) is 21.1. The molecule has 0 saturated carbocycles. The van der Waals surface area contributed by atoms with E-state index in [0.29, 0.717) is 29.4 Å². The maximum atomic E-state index is 12.9. The van der Waals surface area contributed by atoms with Crippen molar-refractivity contribution in [2.45, 2.75) is 31.9 Å². The maximum absolute atomic E-state index is 12.9. The van der Waals surface area contributed by atoms with Gasteiger partial charge in [-0.2, -0.15) is 0 Å². The quantitative estimate of drug-likeness (QED) is 0.346. The van der Waals surface area contributed by atoms with Crippen LogP contribution in [0.2, 0.25) is 0 Å². The third-order valence-corrected chi connectivity index (χ3v) is 6.53. The smallest absolute Gasteiger partial charge is 0.269 e. The molecule has 7 nitrogen and oxygen atoms in total. The van der Waals surface area contributed by atoms with Crippen LogP contribution in [0.1, 0.15) is 44.0 Å². The number of aromatic nitrogens is 1. The van der Waals surface area contributed by atoms with Gasteiger partial charge in [-0.25, -0.2) is 0 Å². The molecular weight excluding hydrogens is 478 g/mol. The van der Waals surface area contributed by atoms with Gasteiger partial charge >= 0.3 is 0 Å². The molecule has 5 rings (SSSR count). The van der Waals surface area contributed by atoms with Crippen LogP contribution < -0.4 is 20.1 Å². The largest absolute Gasteiger partial charge is 0.489 e. The molecule has 0 aliphatic heterocycles. The standard InChI is InChI=1S/C31H29N3O4/c1-32-31(36)29-19-28(15-16-33-29)38-27-14-8-22-7-11-25(17-24(22)18-27)34-30(35)23-9-12-26(13-10-23)37-20-21-5-3-2-4-6-21/h2-6,8-10,12-16,18-19,25H,7,11,17,20H2,1H3,(H,32,36)(H,34,35). The number of hydrogen-bond donors (Lipinski definition) is 2. The van der Waals surface area contributed by atoms with Crippen LogP contribution in [0, 0.1) is 0 Å². The third kappa shape index (κ3) is 6.18. The Labute approximate surface area is 221 Å². The first-order chi connectivity index (χ1) is 18.6. The number of rotatable bonds is 8. The van der Waals surface area contributed by atoms with Crippen LogP contribution in [-0.4, -0.2) is 29.9 Å². The van der Waals surface area contributed by atoms with E-state index in [-0.39, 0.29) is 17.9 Å². The summed E-state index contributed by atoms with van der Waals surface area (Å²) in [5, 5.41) is 5.74. The minimum Gasteiger partial charge on any atom is -0.489 e. The highest BCUT2D eigenvalue weighted by Crippen LogP contribution is 2.29. The Kier molecular flexibility index (Phi) is 7.64. The van der Waals surface area contributed by atoms with Crippen molar-refractivity contribution in [2.75, 3.05) is 7.05 Å². The average molecular weight is 508 g/mol. The Hall–Kier alpha value is -4.65. The fraction of sp³-hybridized carbons (Fsp3) is 0.194. The molecule has 2 N–H and O–H groups in total. The SMILES string of the molecule is CNC(=O)c1cc(Oc2ccc3c(c2)CC(NC(=O)c2ccc(OCc4ccccc4)cc2)CC3)ccn1. The molecule has 0 radical (unpaired) electrons. The van der Waals surface area contributed by atoms with Crippen LogP contribution in [0.4, 0.5) is 0 Å². The average Bonchev–Trinajstić information content (AvgIpc) is 2.96. The van der Waals surface area contributed by atoms with E-state index >= 15 is 0 Å². The Bertz CT molecular complexity index is 1420. The molecule has 1 heterocycles. The highest BCUT2D eigenvalue weighted by atomic mass is 16.5. The van der Waals surface area contributed by atoms with Gasteiger partial charge in [0.05, 0.1) is 0 Å². The first-order valence-electron chi connectivity index (χ1n) is 12.6. The lowest BCUT2D eigenvalue weighted by Gasteiger charge is -2.26. The summed E-state index contributed by atoms with van der Waals surface area (Å²) in [6, 6.07) is 26.6. The van der Waals surface area contributed by atoms with Crippen LogP contribution in [0.25, 0.3) is 0 Å². The summed E-state index contributed by atoms with van der Waals surface area (Å²) >= 11 is 0. The van der Waals surface area contributed by atoms with Gasteiger partial charge in [-0.05, 0) is 78.4 Å². The number of aryl methyl sites for hydroxylation is 1. The number of amides is 2. The van der Waals surface area contributed by atoms with Gasteiger partial charge in [-0.15, -0.1) is 0 Å².